The van der Waals surface area contributed by atoms with Crippen LogP contribution >= 0.6 is 0 Å². The van der Waals surface area contributed by atoms with Gasteiger partial charge in [0.05, 0.1) is 4.90 Å². The van der Waals surface area contributed by atoms with Crippen molar-refractivity contribution in [2.75, 3.05) is 0 Å². The Morgan fingerprint density at radius 2 is 1.09 bits per heavy atom. The first kappa shape index (κ1) is 20.2. The summed E-state index contributed by atoms with van der Waals surface area (Å²) in [5.41, 5.74) is 4.55. The molecule has 1 N–H and O–H groups in total. The Balaban J connectivity index is 3.42. The monoisotopic (exact) mass is 339 g/mol. The van der Waals surface area contributed by atoms with Crippen LogP contribution in [0, 0.1) is 40.0 Å². The Bertz CT molecular complexity index is 679. The lowest BCUT2D eigenvalue weighted by atomic mass is 9.82. The van der Waals surface area contributed by atoms with Crippen molar-refractivity contribution in [2.24, 2.45) is 5.41 Å². The molecule has 0 aliphatic carbocycles. The van der Waals surface area contributed by atoms with E-state index in [2.05, 4.69) is 32.4 Å². The summed E-state index contributed by atoms with van der Waals surface area (Å²) >= 11 is 0. The van der Waals surface area contributed by atoms with Crippen LogP contribution in [0.15, 0.2) is 4.90 Å². The van der Waals surface area contributed by atoms with Crippen LogP contribution in [0.5, 0.6) is 0 Å². The van der Waals surface area contributed by atoms with Crippen molar-refractivity contribution in [1.29, 1.82) is 0 Å². The Morgan fingerprint density at radius 3 is 1.43 bits per heavy atom. The van der Waals surface area contributed by atoms with Crippen molar-refractivity contribution in [3.63, 3.8) is 0 Å². The maximum Gasteiger partial charge on any atom is 0.241 e. The van der Waals surface area contributed by atoms with E-state index in [9.17, 15) is 8.42 Å². The van der Waals surface area contributed by atoms with Gasteiger partial charge in [0.2, 0.25) is 10.0 Å². The molecule has 0 fully saturated rings. The molecule has 0 bridgehead atoms. The highest BCUT2D eigenvalue weighted by molar-refractivity contribution is 7.89. The second kappa shape index (κ2) is 6.21. The van der Waals surface area contributed by atoms with Gasteiger partial charge in [0.15, 0.2) is 0 Å². The van der Waals surface area contributed by atoms with Crippen molar-refractivity contribution in [3.05, 3.63) is 27.8 Å². The lowest BCUT2D eigenvalue weighted by Crippen LogP contribution is -2.46. The fourth-order valence-electron chi connectivity index (χ4n) is 3.65. The largest absolute Gasteiger partial charge is 0.241 e. The molecule has 0 saturated carbocycles. The van der Waals surface area contributed by atoms with Crippen molar-refractivity contribution in [3.8, 4) is 0 Å². The van der Waals surface area contributed by atoms with Crippen LogP contribution in [0.4, 0.5) is 0 Å². The van der Waals surface area contributed by atoms with Gasteiger partial charge in [-0.15, -0.1) is 0 Å². The molecule has 3 nitrogen and oxygen atoms in total. The van der Waals surface area contributed by atoms with Gasteiger partial charge in [-0.3, -0.25) is 0 Å². The van der Waals surface area contributed by atoms with E-state index in [0.29, 0.717) is 4.90 Å². The molecule has 0 spiro atoms. The molecule has 1 rings (SSSR count). The topological polar surface area (TPSA) is 46.2 Å². The molecular weight excluding hydrogens is 306 g/mol. The van der Waals surface area contributed by atoms with E-state index in [1.165, 1.54) is 5.56 Å². The molecule has 0 heterocycles. The van der Waals surface area contributed by atoms with Crippen LogP contribution < -0.4 is 4.72 Å². The van der Waals surface area contributed by atoms with Gasteiger partial charge in [-0.05, 0) is 88.1 Å². The predicted octanol–water partition coefficient (Wildman–Crippen LogP) is 4.72. The summed E-state index contributed by atoms with van der Waals surface area (Å²) in [6, 6.07) is 0. The van der Waals surface area contributed by atoms with Crippen molar-refractivity contribution in [2.45, 2.75) is 86.1 Å². The SMILES string of the molecule is Cc1c(C)c(C)c(S(=O)(=O)NC(C)(C)CC(C)(C)C)c(C)c1C. The molecule has 0 amide bonds. The molecular formula is C19H33NO2S. The lowest BCUT2D eigenvalue weighted by Gasteiger charge is -2.33. The molecule has 132 valence electrons. The molecule has 23 heavy (non-hydrogen) atoms. The molecule has 1 aromatic rings. The first-order valence-electron chi connectivity index (χ1n) is 8.20. The van der Waals surface area contributed by atoms with Crippen LogP contribution in [0.25, 0.3) is 0 Å². The van der Waals surface area contributed by atoms with E-state index in [0.717, 1.165) is 28.7 Å². The van der Waals surface area contributed by atoms with Crippen LogP contribution in [0.1, 0.15) is 68.9 Å². The molecule has 0 aliphatic rings. The molecule has 0 aromatic heterocycles. The first-order chi connectivity index (χ1) is 10.1. The molecule has 0 atom stereocenters. The molecule has 0 aliphatic heterocycles. The summed E-state index contributed by atoms with van der Waals surface area (Å²) in [5.74, 6) is 0. The molecule has 0 saturated heterocycles. The Kier molecular flexibility index (Phi) is 5.45. The summed E-state index contributed by atoms with van der Waals surface area (Å²) < 4.78 is 29.1. The van der Waals surface area contributed by atoms with Crippen molar-refractivity contribution < 1.29 is 8.42 Å². The van der Waals surface area contributed by atoms with Gasteiger partial charge in [0.1, 0.15) is 0 Å². The van der Waals surface area contributed by atoms with Gasteiger partial charge in [-0.2, -0.15) is 0 Å². The normalized spacial score (nSPS) is 13.5. The second-order valence-corrected chi connectivity index (χ2v) is 10.3. The van der Waals surface area contributed by atoms with Gasteiger partial charge >= 0.3 is 0 Å². The summed E-state index contributed by atoms with van der Waals surface area (Å²) in [6.45, 7) is 20.1. The highest BCUT2D eigenvalue weighted by Gasteiger charge is 2.32. The van der Waals surface area contributed by atoms with Gasteiger partial charge in [-0.25, -0.2) is 13.1 Å². The zero-order chi connectivity index (χ0) is 18.4. The summed E-state index contributed by atoms with van der Waals surface area (Å²) in [5, 5.41) is 0. The lowest BCUT2D eigenvalue weighted by molar-refractivity contribution is 0.269. The van der Waals surface area contributed by atoms with Crippen molar-refractivity contribution in [1.82, 2.24) is 4.72 Å². The Morgan fingerprint density at radius 1 is 0.739 bits per heavy atom. The highest BCUT2D eigenvalue weighted by Crippen LogP contribution is 2.32. The average Bonchev–Trinajstić information content (AvgIpc) is 2.29. The minimum absolute atomic E-state index is 0.0508. The maximum atomic E-state index is 13.1. The summed E-state index contributed by atoms with van der Waals surface area (Å²) in [6.07, 6.45) is 0.765. The van der Waals surface area contributed by atoms with E-state index >= 15 is 0 Å². The van der Waals surface area contributed by atoms with E-state index in [-0.39, 0.29) is 5.41 Å². The first-order valence-corrected chi connectivity index (χ1v) is 9.68. The fraction of sp³-hybridized carbons (Fsp3) is 0.684. The quantitative estimate of drug-likeness (QED) is 0.862. The standard InChI is InChI=1S/C19H33NO2S/c1-12-13(2)15(4)17(16(5)14(12)3)23(21,22)20-19(9,10)11-18(6,7)8/h20H,11H2,1-10H3. The summed E-state index contributed by atoms with van der Waals surface area (Å²) in [7, 11) is -3.56. The van der Waals surface area contributed by atoms with Crippen LogP contribution in [0.2, 0.25) is 0 Å². The number of hydrogen-bond donors (Lipinski definition) is 1. The number of hydrogen-bond acceptors (Lipinski definition) is 2. The van der Waals surface area contributed by atoms with E-state index in [1.54, 1.807) is 0 Å². The molecule has 0 unspecified atom stereocenters. The third-order valence-electron chi connectivity index (χ3n) is 4.58. The number of nitrogens with one attached hydrogen (secondary N) is 1. The highest BCUT2D eigenvalue weighted by atomic mass is 32.2. The van der Waals surface area contributed by atoms with E-state index in [4.69, 9.17) is 0 Å². The predicted molar refractivity (Wildman–Crippen MR) is 98.6 cm³/mol. The summed E-state index contributed by atoms with van der Waals surface area (Å²) in [4.78, 5) is 0.445. The number of benzene rings is 1. The molecule has 1 aromatic carbocycles. The zero-order valence-electron chi connectivity index (χ0n) is 16.4. The fourth-order valence-corrected chi connectivity index (χ4v) is 5.66. The number of sulfonamides is 1. The van der Waals surface area contributed by atoms with E-state index in [1.807, 2.05) is 41.5 Å². The van der Waals surface area contributed by atoms with Gasteiger partial charge in [-0.1, -0.05) is 20.8 Å². The van der Waals surface area contributed by atoms with Crippen molar-refractivity contribution >= 4 is 10.0 Å². The van der Waals surface area contributed by atoms with E-state index < -0.39 is 15.6 Å². The molecule has 0 radical (unpaired) electrons. The minimum Gasteiger partial charge on any atom is -0.207 e. The van der Waals surface area contributed by atoms with Crippen LogP contribution in [0.3, 0.4) is 0 Å². The molecule has 4 heteroatoms. The van der Waals surface area contributed by atoms with Gasteiger partial charge in [0.25, 0.3) is 0 Å². The van der Waals surface area contributed by atoms with Gasteiger partial charge < -0.3 is 0 Å². The zero-order valence-corrected chi connectivity index (χ0v) is 17.2. The average molecular weight is 340 g/mol. The maximum absolute atomic E-state index is 13.1. The second-order valence-electron chi connectivity index (χ2n) is 8.68. The van der Waals surface area contributed by atoms with Crippen LogP contribution in [-0.4, -0.2) is 14.0 Å². The third kappa shape index (κ3) is 4.57. The third-order valence-corrected chi connectivity index (χ3v) is 6.55. The number of rotatable bonds is 4. The Labute approximate surface area is 142 Å². The minimum atomic E-state index is -3.56. The van der Waals surface area contributed by atoms with Crippen LogP contribution in [-0.2, 0) is 10.0 Å². The smallest absolute Gasteiger partial charge is 0.207 e. The van der Waals surface area contributed by atoms with Gasteiger partial charge in [0, 0.05) is 5.54 Å². The Hall–Kier alpha value is -0.870.